The summed E-state index contributed by atoms with van der Waals surface area (Å²) in [4.78, 5) is 9.85. The van der Waals surface area contributed by atoms with Crippen LogP contribution in [0.3, 0.4) is 0 Å². The number of aliphatic imine (C=N–C) groups is 1. The van der Waals surface area contributed by atoms with Crippen LogP contribution in [0.2, 0.25) is 0 Å². The fourth-order valence-corrected chi connectivity index (χ4v) is 3.53. The molecule has 29 heavy (non-hydrogen) atoms. The zero-order valence-electron chi connectivity index (χ0n) is 16.2. The monoisotopic (exact) mass is 524 g/mol. The van der Waals surface area contributed by atoms with Crippen LogP contribution in [-0.2, 0) is 17.3 Å². The van der Waals surface area contributed by atoms with Crippen LogP contribution in [-0.4, -0.2) is 34.0 Å². The fraction of sp³-hybridized carbons (Fsp3) is 0.238. The molecule has 0 fully saturated rings. The first-order valence-electron chi connectivity index (χ1n) is 9.21. The van der Waals surface area contributed by atoms with E-state index < -0.39 is 10.8 Å². The maximum absolute atomic E-state index is 12.3. The van der Waals surface area contributed by atoms with Gasteiger partial charge in [0.25, 0.3) is 0 Å². The topological polar surface area (TPSA) is 79.5 Å². The first-order valence-corrected chi connectivity index (χ1v) is 10.5. The Balaban J connectivity index is 0.00000300. The van der Waals surface area contributed by atoms with Gasteiger partial charge in [0, 0.05) is 29.3 Å². The molecule has 0 amide bonds. The van der Waals surface area contributed by atoms with Gasteiger partial charge in [-0.25, -0.2) is 9.98 Å². The van der Waals surface area contributed by atoms with Gasteiger partial charge in [-0.05, 0) is 31.2 Å². The van der Waals surface area contributed by atoms with E-state index in [1.165, 1.54) is 0 Å². The minimum absolute atomic E-state index is 0. The highest BCUT2D eigenvalue weighted by molar-refractivity contribution is 14.0. The Morgan fingerprint density at radius 1 is 1.07 bits per heavy atom. The molecule has 3 rings (SSSR count). The van der Waals surface area contributed by atoms with Crippen molar-refractivity contribution in [3.8, 4) is 11.5 Å². The molecule has 0 saturated carbocycles. The van der Waals surface area contributed by atoms with Gasteiger partial charge < -0.3 is 15.1 Å². The molecule has 0 spiro atoms. The Morgan fingerprint density at radius 3 is 2.45 bits per heavy atom. The highest BCUT2D eigenvalue weighted by atomic mass is 127. The Hall–Kier alpha value is -2.20. The van der Waals surface area contributed by atoms with Gasteiger partial charge in [-0.15, -0.1) is 24.0 Å². The SMILES string of the molecule is CCNC(=NCc1coc(-c2ccccc2)n1)NCCS(=O)c1ccccc1.I. The minimum atomic E-state index is -1.03. The normalized spacial score (nSPS) is 12.1. The maximum atomic E-state index is 12.3. The summed E-state index contributed by atoms with van der Waals surface area (Å²) >= 11 is 0. The molecule has 2 N–H and O–H groups in total. The van der Waals surface area contributed by atoms with Gasteiger partial charge in [-0.2, -0.15) is 0 Å². The number of halogens is 1. The third-order valence-electron chi connectivity index (χ3n) is 3.90. The van der Waals surface area contributed by atoms with Gasteiger partial charge >= 0.3 is 0 Å². The van der Waals surface area contributed by atoms with E-state index in [4.69, 9.17) is 4.42 Å². The number of benzene rings is 2. The number of nitrogens with zero attached hydrogens (tertiary/aromatic N) is 2. The van der Waals surface area contributed by atoms with E-state index in [0.29, 0.717) is 30.7 Å². The molecular weight excluding hydrogens is 499 g/mol. The van der Waals surface area contributed by atoms with Crippen molar-refractivity contribution in [2.24, 2.45) is 4.99 Å². The first-order chi connectivity index (χ1) is 13.8. The third kappa shape index (κ3) is 7.28. The van der Waals surface area contributed by atoms with Crippen molar-refractivity contribution in [1.82, 2.24) is 15.6 Å². The molecule has 0 saturated heterocycles. The first kappa shape index (κ1) is 23.1. The quantitative estimate of drug-likeness (QED) is 0.266. The molecule has 0 aliphatic carbocycles. The van der Waals surface area contributed by atoms with Crippen molar-refractivity contribution in [2.45, 2.75) is 18.4 Å². The van der Waals surface area contributed by atoms with Crippen LogP contribution in [0, 0.1) is 0 Å². The smallest absolute Gasteiger partial charge is 0.226 e. The average molecular weight is 524 g/mol. The molecule has 154 valence electrons. The molecule has 8 heteroatoms. The van der Waals surface area contributed by atoms with Crippen LogP contribution in [0.5, 0.6) is 0 Å². The van der Waals surface area contributed by atoms with Crippen LogP contribution in [0.15, 0.2) is 81.2 Å². The van der Waals surface area contributed by atoms with Crippen LogP contribution in [0.1, 0.15) is 12.6 Å². The molecule has 2 aromatic carbocycles. The minimum Gasteiger partial charge on any atom is -0.444 e. The second-order valence-electron chi connectivity index (χ2n) is 5.99. The summed E-state index contributed by atoms with van der Waals surface area (Å²) in [6, 6.07) is 19.2. The molecule has 0 aliphatic heterocycles. The highest BCUT2D eigenvalue weighted by Crippen LogP contribution is 2.18. The number of nitrogens with one attached hydrogen (secondary N) is 2. The largest absolute Gasteiger partial charge is 0.444 e. The number of guanidine groups is 1. The van der Waals surface area contributed by atoms with E-state index in [-0.39, 0.29) is 24.0 Å². The molecule has 1 aromatic heterocycles. The van der Waals surface area contributed by atoms with Crippen LogP contribution in [0.4, 0.5) is 0 Å². The molecule has 1 atom stereocenters. The summed E-state index contributed by atoms with van der Waals surface area (Å²) in [6.07, 6.45) is 1.62. The van der Waals surface area contributed by atoms with Crippen molar-refractivity contribution >= 4 is 40.7 Å². The lowest BCUT2D eigenvalue weighted by Crippen LogP contribution is -2.39. The number of aromatic nitrogens is 1. The van der Waals surface area contributed by atoms with E-state index >= 15 is 0 Å². The second kappa shape index (κ2) is 12.4. The molecule has 1 unspecified atom stereocenters. The standard InChI is InChI=1S/C21H24N4O2S.HI/c1-2-22-21(23-13-14-28(26)19-11-7-4-8-12-19)24-15-18-16-27-20(25-18)17-9-5-3-6-10-17;/h3-12,16H,2,13-15H2,1H3,(H2,22,23,24);1H. The van der Waals surface area contributed by atoms with E-state index in [1.54, 1.807) is 6.26 Å². The third-order valence-corrected chi connectivity index (χ3v) is 5.27. The van der Waals surface area contributed by atoms with Crippen LogP contribution < -0.4 is 10.6 Å². The highest BCUT2D eigenvalue weighted by Gasteiger charge is 2.07. The molecule has 1 heterocycles. The maximum Gasteiger partial charge on any atom is 0.226 e. The van der Waals surface area contributed by atoms with Gasteiger partial charge in [0.15, 0.2) is 5.96 Å². The summed E-state index contributed by atoms with van der Waals surface area (Å²) in [7, 11) is -1.03. The van der Waals surface area contributed by atoms with Crippen molar-refractivity contribution in [3.63, 3.8) is 0 Å². The molecule has 3 aromatic rings. The molecular formula is C21H25IN4O2S. The van der Waals surface area contributed by atoms with Gasteiger partial charge in [-0.3, -0.25) is 4.21 Å². The molecule has 6 nitrogen and oxygen atoms in total. The number of oxazole rings is 1. The van der Waals surface area contributed by atoms with Crippen LogP contribution in [0.25, 0.3) is 11.5 Å². The Bertz CT molecular complexity index is 917. The van der Waals surface area contributed by atoms with E-state index in [2.05, 4.69) is 20.6 Å². The summed E-state index contributed by atoms with van der Waals surface area (Å²) < 4.78 is 17.8. The molecule has 0 bridgehead atoms. The summed E-state index contributed by atoms with van der Waals surface area (Å²) in [6.45, 7) is 3.69. The van der Waals surface area contributed by atoms with Gasteiger partial charge in [0.05, 0.1) is 17.3 Å². The number of rotatable bonds is 8. The molecule has 0 aliphatic rings. The Morgan fingerprint density at radius 2 is 1.76 bits per heavy atom. The Labute approximate surface area is 190 Å². The summed E-state index contributed by atoms with van der Waals surface area (Å²) in [5, 5.41) is 6.40. The summed E-state index contributed by atoms with van der Waals surface area (Å²) in [5.74, 6) is 1.76. The lowest BCUT2D eigenvalue weighted by atomic mass is 10.2. The molecule has 0 radical (unpaired) electrons. The van der Waals surface area contributed by atoms with Gasteiger partial charge in [0.2, 0.25) is 5.89 Å². The zero-order valence-corrected chi connectivity index (χ0v) is 19.4. The van der Waals surface area contributed by atoms with Crippen molar-refractivity contribution < 1.29 is 8.63 Å². The summed E-state index contributed by atoms with van der Waals surface area (Å²) in [5.41, 5.74) is 1.69. The fourth-order valence-electron chi connectivity index (χ4n) is 2.55. The Kier molecular flexibility index (Phi) is 9.85. The van der Waals surface area contributed by atoms with E-state index in [9.17, 15) is 4.21 Å². The van der Waals surface area contributed by atoms with Crippen molar-refractivity contribution in [3.05, 3.63) is 72.6 Å². The number of hydrogen-bond donors (Lipinski definition) is 2. The number of hydrogen-bond acceptors (Lipinski definition) is 4. The predicted octanol–water partition coefficient (Wildman–Crippen LogP) is 3.82. The lowest BCUT2D eigenvalue weighted by molar-refractivity contribution is 0.572. The zero-order chi connectivity index (χ0) is 19.6. The van der Waals surface area contributed by atoms with E-state index in [1.807, 2.05) is 67.6 Å². The predicted molar refractivity (Wildman–Crippen MR) is 128 cm³/mol. The lowest BCUT2D eigenvalue weighted by Gasteiger charge is -2.10. The van der Waals surface area contributed by atoms with Gasteiger partial charge in [-0.1, -0.05) is 36.4 Å². The van der Waals surface area contributed by atoms with E-state index in [0.717, 1.165) is 22.7 Å². The average Bonchev–Trinajstić information content (AvgIpc) is 3.22. The van der Waals surface area contributed by atoms with Crippen LogP contribution >= 0.6 is 24.0 Å². The van der Waals surface area contributed by atoms with Gasteiger partial charge in [0.1, 0.15) is 12.0 Å². The van der Waals surface area contributed by atoms with Crippen molar-refractivity contribution in [2.75, 3.05) is 18.8 Å². The van der Waals surface area contributed by atoms with Crippen molar-refractivity contribution in [1.29, 1.82) is 0 Å². The second-order valence-corrected chi connectivity index (χ2v) is 7.57.